The van der Waals surface area contributed by atoms with Gasteiger partial charge in [0.2, 0.25) is 11.8 Å². The van der Waals surface area contributed by atoms with Crippen LogP contribution in [0.1, 0.15) is 6.42 Å². The number of hydrogen-bond donors (Lipinski definition) is 1. The number of hydrogen-bond acceptors (Lipinski definition) is 3. The summed E-state index contributed by atoms with van der Waals surface area (Å²) in [6.07, 6.45) is -0.214. The Hall–Kier alpha value is -2.24. The molecule has 2 aromatic carbocycles. The smallest absolute Gasteiger partial charge is 0.233 e. The molecule has 0 spiro atoms. The molecule has 0 aliphatic carbocycles. The summed E-state index contributed by atoms with van der Waals surface area (Å²) in [5.41, 5.74) is 1.55. The van der Waals surface area contributed by atoms with Crippen LogP contribution in [0.25, 0.3) is 0 Å². The summed E-state index contributed by atoms with van der Waals surface area (Å²) in [4.78, 5) is 28.5. The van der Waals surface area contributed by atoms with Crippen LogP contribution in [0.5, 0.6) is 0 Å². The van der Waals surface area contributed by atoms with E-state index in [9.17, 15) is 9.59 Å². The Balaban J connectivity index is 1.51. The second kappa shape index (κ2) is 8.43. The van der Waals surface area contributed by atoms with Crippen molar-refractivity contribution in [1.29, 1.82) is 0 Å². The zero-order valence-corrected chi connectivity index (χ0v) is 15.6. The maximum absolute atomic E-state index is 12.4. The zero-order chi connectivity index (χ0) is 18.5. The third kappa shape index (κ3) is 4.68. The number of piperazine rings is 1. The van der Waals surface area contributed by atoms with E-state index in [2.05, 4.69) is 22.3 Å². The van der Waals surface area contributed by atoms with Gasteiger partial charge < -0.3 is 15.1 Å². The molecule has 1 aliphatic rings. The number of para-hydroxylation sites is 1. The highest BCUT2D eigenvalue weighted by Gasteiger charge is 2.23. The molecule has 26 heavy (non-hydrogen) atoms. The first-order valence-corrected chi connectivity index (χ1v) is 9.11. The Kier molecular flexibility index (Phi) is 6.01. The SMILES string of the molecule is O=C(CC(=O)N1CCN(c2ccccc2)CC1)Nc1cc(Cl)ccc1Cl. The maximum Gasteiger partial charge on any atom is 0.233 e. The molecule has 2 amide bonds. The van der Waals surface area contributed by atoms with E-state index in [4.69, 9.17) is 23.2 Å². The normalized spacial score (nSPS) is 14.2. The molecule has 2 aromatic rings. The van der Waals surface area contributed by atoms with Gasteiger partial charge in [0, 0.05) is 36.9 Å². The lowest BCUT2D eigenvalue weighted by atomic mass is 10.2. The van der Waals surface area contributed by atoms with E-state index >= 15 is 0 Å². The van der Waals surface area contributed by atoms with Crippen LogP contribution >= 0.6 is 23.2 Å². The molecule has 0 saturated carbocycles. The molecule has 1 heterocycles. The fraction of sp³-hybridized carbons (Fsp3) is 0.263. The Morgan fingerprint density at radius 2 is 1.65 bits per heavy atom. The van der Waals surface area contributed by atoms with Crippen LogP contribution in [0.3, 0.4) is 0 Å². The minimum Gasteiger partial charge on any atom is -0.368 e. The number of amides is 2. The summed E-state index contributed by atoms with van der Waals surface area (Å²) in [5, 5.41) is 3.49. The van der Waals surface area contributed by atoms with Crippen molar-refractivity contribution >= 4 is 46.4 Å². The molecule has 0 atom stereocenters. The Morgan fingerprint density at radius 3 is 2.35 bits per heavy atom. The molecule has 1 saturated heterocycles. The van der Waals surface area contributed by atoms with Crippen LogP contribution in [-0.4, -0.2) is 42.9 Å². The van der Waals surface area contributed by atoms with Crippen molar-refractivity contribution in [3.63, 3.8) is 0 Å². The van der Waals surface area contributed by atoms with Crippen molar-refractivity contribution in [3.05, 3.63) is 58.6 Å². The summed E-state index contributed by atoms with van der Waals surface area (Å²) in [6.45, 7) is 2.69. The number of rotatable bonds is 4. The minimum atomic E-state index is -0.398. The largest absolute Gasteiger partial charge is 0.368 e. The first-order valence-electron chi connectivity index (χ1n) is 8.35. The first kappa shape index (κ1) is 18.5. The van der Waals surface area contributed by atoms with Crippen molar-refractivity contribution in [2.45, 2.75) is 6.42 Å². The van der Waals surface area contributed by atoms with Gasteiger partial charge in [-0.15, -0.1) is 0 Å². The van der Waals surface area contributed by atoms with Crippen LogP contribution in [0.2, 0.25) is 10.0 Å². The molecule has 1 N–H and O–H groups in total. The average molecular weight is 392 g/mol. The monoisotopic (exact) mass is 391 g/mol. The van der Waals surface area contributed by atoms with Gasteiger partial charge in [0.1, 0.15) is 6.42 Å². The summed E-state index contributed by atoms with van der Waals surface area (Å²) in [7, 11) is 0. The standard InChI is InChI=1S/C19H19Cl2N3O2/c20-14-6-7-16(21)17(12-14)22-18(25)13-19(26)24-10-8-23(9-11-24)15-4-2-1-3-5-15/h1-7,12H,8-11,13H2,(H,22,25). The molecule has 0 radical (unpaired) electrons. The van der Waals surface area contributed by atoms with E-state index in [0.717, 1.165) is 18.8 Å². The van der Waals surface area contributed by atoms with Gasteiger partial charge in [0.25, 0.3) is 0 Å². The first-order chi connectivity index (χ1) is 12.5. The molecule has 7 heteroatoms. The second-order valence-electron chi connectivity index (χ2n) is 6.05. The predicted octanol–water partition coefficient (Wildman–Crippen LogP) is 3.67. The Labute approximate surface area is 162 Å². The Morgan fingerprint density at radius 1 is 0.962 bits per heavy atom. The number of nitrogens with one attached hydrogen (secondary N) is 1. The molecule has 0 aromatic heterocycles. The van der Waals surface area contributed by atoms with Gasteiger partial charge in [-0.25, -0.2) is 0 Å². The number of carbonyl (C=O) groups is 2. The molecule has 1 fully saturated rings. The van der Waals surface area contributed by atoms with Gasteiger partial charge in [-0.1, -0.05) is 41.4 Å². The number of benzene rings is 2. The van der Waals surface area contributed by atoms with Crippen LogP contribution in [-0.2, 0) is 9.59 Å². The average Bonchev–Trinajstić information content (AvgIpc) is 2.65. The lowest BCUT2D eigenvalue weighted by Crippen LogP contribution is -2.49. The number of halogens is 2. The Bertz CT molecular complexity index is 791. The zero-order valence-electron chi connectivity index (χ0n) is 14.1. The molecule has 1 aliphatic heterocycles. The predicted molar refractivity (Wildman–Crippen MR) is 105 cm³/mol. The van der Waals surface area contributed by atoms with Crippen molar-refractivity contribution in [1.82, 2.24) is 4.90 Å². The highest BCUT2D eigenvalue weighted by Crippen LogP contribution is 2.25. The van der Waals surface area contributed by atoms with Crippen LogP contribution in [0.15, 0.2) is 48.5 Å². The fourth-order valence-corrected chi connectivity index (χ4v) is 3.23. The van der Waals surface area contributed by atoms with E-state index in [1.807, 2.05) is 18.2 Å². The van der Waals surface area contributed by atoms with Gasteiger partial charge in [0.05, 0.1) is 10.7 Å². The fourth-order valence-electron chi connectivity index (χ4n) is 2.89. The third-order valence-corrected chi connectivity index (χ3v) is 4.83. The quantitative estimate of drug-likeness (QED) is 0.808. The van der Waals surface area contributed by atoms with Crippen LogP contribution in [0, 0.1) is 0 Å². The lowest BCUT2D eigenvalue weighted by molar-refractivity contribution is -0.134. The van der Waals surface area contributed by atoms with Gasteiger partial charge in [-0.05, 0) is 30.3 Å². The van der Waals surface area contributed by atoms with E-state index in [0.29, 0.717) is 28.8 Å². The number of anilines is 2. The minimum absolute atomic E-state index is 0.187. The number of carbonyl (C=O) groups excluding carboxylic acids is 2. The highest BCUT2D eigenvalue weighted by molar-refractivity contribution is 6.35. The summed E-state index contributed by atoms with van der Waals surface area (Å²) < 4.78 is 0. The van der Waals surface area contributed by atoms with Gasteiger partial charge in [-0.3, -0.25) is 9.59 Å². The highest BCUT2D eigenvalue weighted by atomic mass is 35.5. The lowest BCUT2D eigenvalue weighted by Gasteiger charge is -2.36. The van der Waals surface area contributed by atoms with Crippen molar-refractivity contribution in [2.24, 2.45) is 0 Å². The summed E-state index contributed by atoms with van der Waals surface area (Å²) >= 11 is 11.9. The maximum atomic E-state index is 12.4. The van der Waals surface area contributed by atoms with E-state index in [1.165, 1.54) is 0 Å². The summed E-state index contributed by atoms with van der Waals surface area (Å²) in [6, 6.07) is 14.9. The van der Waals surface area contributed by atoms with Gasteiger partial charge >= 0.3 is 0 Å². The van der Waals surface area contributed by atoms with Gasteiger partial charge in [-0.2, -0.15) is 0 Å². The van der Waals surface area contributed by atoms with E-state index in [1.54, 1.807) is 23.1 Å². The summed E-state index contributed by atoms with van der Waals surface area (Å²) in [5.74, 6) is -0.585. The van der Waals surface area contributed by atoms with Crippen LogP contribution in [0.4, 0.5) is 11.4 Å². The van der Waals surface area contributed by atoms with Crippen molar-refractivity contribution in [2.75, 3.05) is 36.4 Å². The topological polar surface area (TPSA) is 52.7 Å². The van der Waals surface area contributed by atoms with E-state index in [-0.39, 0.29) is 12.3 Å². The molecule has 0 unspecified atom stereocenters. The van der Waals surface area contributed by atoms with Crippen molar-refractivity contribution in [3.8, 4) is 0 Å². The van der Waals surface area contributed by atoms with Gasteiger partial charge in [0.15, 0.2) is 0 Å². The van der Waals surface area contributed by atoms with Crippen LogP contribution < -0.4 is 10.2 Å². The molecular formula is C19H19Cl2N3O2. The van der Waals surface area contributed by atoms with E-state index < -0.39 is 5.91 Å². The van der Waals surface area contributed by atoms with Crippen molar-refractivity contribution < 1.29 is 9.59 Å². The molecular weight excluding hydrogens is 373 g/mol. The molecule has 3 rings (SSSR count). The molecule has 136 valence electrons. The molecule has 5 nitrogen and oxygen atoms in total. The molecule has 0 bridgehead atoms. The number of nitrogens with zero attached hydrogens (tertiary/aromatic N) is 2. The second-order valence-corrected chi connectivity index (χ2v) is 6.90. The third-order valence-electron chi connectivity index (χ3n) is 4.27.